The summed E-state index contributed by atoms with van der Waals surface area (Å²) in [5.74, 6) is -0.908. The summed E-state index contributed by atoms with van der Waals surface area (Å²) in [6, 6.07) is 0. The number of ether oxygens (including phenoxy) is 4. The highest BCUT2D eigenvalue weighted by molar-refractivity contribution is 5.71. The first-order valence-electron chi connectivity index (χ1n) is 21.1. The maximum absolute atomic E-state index is 12.8. The molecular weight excluding hydrogens is 626 g/mol. The van der Waals surface area contributed by atoms with Crippen molar-refractivity contribution in [3.63, 3.8) is 0 Å². The molecule has 292 valence electrons. The molecule has 1 heterocycles. The summed E-state index contributed by atoms with van der Waals surface area (Å²) in [6.45, 7) is 5.53. The lowest BCUT2D eigenvalue weighted by Crippen LogP contribution is -2.42. The van der Waals surface area contributed by atoms with E-state index in [2.05, 4.69) is 43.1 Å². The van der Waals surface area contributed by atoms with E-state index in [1.807, 2.05) is 14.1 Å². The Bertz CT molecular complexity index is 802. The SMILES string of the molecule is CCCCCCCC/C=C\CCCCCCCC(=O)OC1(OC(=O)CCCCCCC/C=C\CCCCCCCC)OCC(CCN(C)C)O1. The predicted molar refractivity (Wildman–Crippen MR) is 208 cm³/mol. The summed E-state index contributed by atoms with van der Waals surface area (Å²) >= 11 is 0. The molecule has 0 saturated carbocycles. The minimum Gasteiger partial charge on any atom is -0.374 e. The van der Waals surface area contributed by atoms with Crippen LogP contribution in [0.5, 0.6) is 0 Å². The Balaban J connectivity index is 2.25. The Hall–Kier alpha value is -1.70. The number of hydrogen-bond donors (Lipinski definition) is 0. The van der Waals surface area contributed by atoms with Gasteiger partial charge in [0.15, 0.2) is 0 Å². The molecule has 0 aromatic carbocycles. The molecule has 0 radical (unpaired) electrons. The predicted octanol–water partition coefficient (Wildman–Crippen LogP) is 12.1. The van der Waals surface area contributed by atoms with E-state index >= 15 is 0 Å². The highest BCUT2D eigenvalue weighted by atomic mass is 17.0. The maximum atomic E-state index is 12.8. The number of nitrogens with zero attached hydrogens (tertiary/aromatic N) is 1. The molecule has 1 fully saturated rings. The molecule has 0 spiro atoms. The van der Waals surface area contributed by atoms with Gasteiger partial charge in [0.2, 0.25) is 0 Å². The molecule has 1 aliphatic heterocycles. The molecule has 0 aliphatic carbocycles. The fraction of sp³-hybridized carbons (Fsp3) is 0.860. The number of allylic oxidation sites excluding steroid dienone is 4. The van der Waals surface area contributed by atoms with Gasteiger partial charge < -0.3 is 14.4 Å². The van der Waals surface area contributed by atoms with Gasteiger partial charge in [0.1, 0.15) is 0 Å². The molecule has 0 amide bonds. The fourth-order valence-electron chi connectivity index (χ4n) is 6.20. The third kappa shape index (κ3) is 28.0. The number of unbranched alkanes of at least 4 members (excludes halogenated alkanes) is 22. The van der Waals surface area contributed by atoms with E-state index in [0.717, 1.165) is 70.8 Å². The van der Waals surface area contributed by atoms with Crippen LogP contribution >= 0.6 is 0 Å². The van der Waals surface area contributed by atoms with E-state index in [1.165, 1.54) is 103 Å². The number of hydrogen-bond acceptors (Lipinski definition) is 7. The third-order valence-corrected chi connectivity index (χ3v) is 9.42. The van der Waals surface area contributed by atoms with Gasteiger partial charge in [-0.25, -0.2) is 0 Å². The van der Waals surface area contributed by atoms with Crippen molar-refractivity contribution in [2.75, 3.05) is 27.2 Å². The van der Waals surface area contributed by atoms with E-state index in [-0.39, 0.29) is 25.6 Å². The van der Waals surface area contributed by atoms with Gasteiger partial charge in [-0.05, 0) is 84.7 Å². The van der Waals surface area contributed by atoms with Gasteiger partial charge in [-0.3, -0.25) is 19.1 Å². The van der Waals surface area contributed by atoms with Crippen LogP contribution in [-0.2, 0) is 28.5 Å². The van der Waals surface area contributed by atoms with E-state index in [0.29, 0.717) is 6.42 Å². The van der Waals surface area contributed by atoms with Crippen molar-refractivity contribution < 1.29 is 28.5 Å². The summed E-state index contributed by atoms with van der Waals surface area (Å²) < 4.78 is 22.9. The lowest BCUT2D eigenvalue weighted by molar-refractivity contribution is -0.432. The van der Waals surface area contributed by atoms with Gasteiger partial charge in [0, 0.05) is 19.4 Å². The van der Waals surface area contributed by atoms with Gasteiger partial charge in [-0.1, -0.05) is 141 Å². The molecule has 1 rings (SSSR count). The lowest BCUT2D eigenvalue weighted by atomic mass is 10.1. The Labute approximate surface area is 308 Å². The Morgan fingerprint density at radius 1 is 0.580 bits per heavy atom. The molecular formula is C43H79NO6. The number of rotatable bonds is 35. The normalized spacial score (nSPS) is 15.9. The first-order chi connectivity index (χ1) is 24.4. The summed E-state index contributed by atoms with van der Waals surface area (Å²) in [4.78, 5) is 27.7. The van der Waals surface area contributed by atoms with Crippen molar-refractivity contribution >= 4 is 11.9 Å². The second-order valence-corrected chi connectivity index (χ2v) is 14.8. The van der Waals surface area contributed by atoms with E-state index in [4.69, 9.17) is 18.9 Å². The minimum atomic E-state index is -2.06. The van der Waals surface area contributed by atoms with Gasteiger partial charge in [-0.2, -0.15) is 0 Å². The molecule has 0 aromatic rings. The van der Waals surface area contributed by atoms with Gasteiger partial charge in [0.05, 0.1) is 12.7 Å². The molecule has 0 bridgehead atoms. The van der Waals surface area contributed by atoms with Crippen molar-refractivity contribution in [3.8, 4) is 0 Å². The zero-order chi connectivity index (χ0) is 36.4. The van der Waals surface area contributed by atoms with Crippen LogP contribution in [0.2, 0.25) is 0 Å². The zero-order valence-corrected chi connectivity index (χ0v) is 33.2. The Morgan fingerprint density at radius 3 is 1.32 bits per heavy atom. The Morgan fingerprint density at radius 2 is 0.940 bits per heavy atom. The number of carbonyl (C=O) groups excluding carboxylic acids is 2. The second-order valence-electron chi connectivity index (χ2n) is 14.8. The summed E-state index contributed by atoms with van der Waals surface area (Å²) in [7, 11) is 3.98. The van der Waals surface area contributed by atoms with Gasteiger partial charge in [-0.15, -0.1) is 0 Å². The summed E-state index contributed by atoms with van der Waals surface area (Å²) in [5, 5.41) is 0. The lowest BCUT2D eigenvalue weighted by Gasteiger charge is -2.25. The molecule has 1 aliphatic rings. The van der Waals surface area contributed by atoms with Crippen LogP contribution < -0.4 is 0 Å². The van der Waals surface area contributed by atoms with Crippen molar-refractivity contribution in [1.29, 1.82) is 0 Å². The van der Waals surface area contributed by atoms with Crippen LogP contribution in [-0.4, -0.2) is 56.3 Å². The van der Waals surface area contributed by atoms with Crippen molar-refractivity contribution in [2.45, 2.75) is 212 Å². The zero-order valence-electron chi connectivity index (χ0n) is 33.2. The first kappa shape index (κ1) is 46.3. The smallest absolute Gasteiger partial charge is 0.374 e. The second kappa shape index (κ2) is 33.2. The van der Waals surface area contributed by atoms with Crippen LogP contribution in [0.15, 0.2) is 24.3 Å². The molecule has 0 N–H and O–H groups in total. The average molecular weight is 706 g/mol. The summed E-state index contributed by atoms with van der Waals surface area (Å²) in [6.07, 6.45) is 39.3. The molecule has 1 unspecified atom stereocenters. The fourth-order valence-corrected chi connectivity index (χ4v) is 6.20. The average Bonchev–Trinajstić information content (AvgIpc) is 3.48. The molecule has 7 nitrogen and oxygen atoms in total. The first-order valence-corrected chi connectivity index (χ1v) is 21.1. The maximum Gasteiger partial charge on any atom is 0.514 e. The molecule has 0 aromatic heterocycles. The van der Waals surface area contributed by atoms with Gasteiger partial charge >= 0.3 is 18.1 Å². The number of esters is 2. The molecule has 1 atom stereocenters. The Kier molecular flexibility index (Phi) is 30.7. The summed E-state index contributed by atoms with van der Waals surface area (Å²) in [5.41, 5.74) is 0. The van der Waals surface area contributed by atoms with E-state index in [9.17, 15) is 9.59 Å². The van der Waals surface area contributed by atoms with Gasteiger partial charge in [0.25, 0.3) is 0 Å². The highest BCUT2D eigenvalue weighted by Crippen LogP contribution is 2.30. The van der Waals surface area contributed by atoms with Crippen molar-refractivity contribution in [3.05, 3.63) is 24.3 Å². The van der Waals surface area contributed by atoms with Crippen LogP contribution in [0, 0.1) is 0 Å². The van der Waals surface area contributed by atoms with Crippen molar-refractivity contribution in [1.82, 2.24) is 4.90 Å². The van der Waals surface area contributed by atoms with Crippen LogP contribution in [0.4, 0.5) is 0 Å². The monoisotopic (exact) mass is 706 g/mol. The quantitative estimate of drug-likeness (QED) is 0.0281. The minimum absolute atomic E-state index is 0.217. The largest absolute Gasteiger partial charge is 0.514 e. The molecule has 1 saturated heterocycles. The van der Waals surface area contributed by atoms with Crippen LogP contribution in [0.3, 0.4) is 0 Å². The highest BCUT2D eigenvalue weighted by Gasteiger charge is 2.50. The van der Waals surface area contributed by atoms with E-state index in [1.54, 1.807) is 0 Å². The molecule has 7 heteroatoms. The third-order valence-electron chi connectivity index (χ3n) is 9.42. The van der Waals surface area contributed by atoms with Crippen molar-refractivity contribution in [2.24, 2.45) is 0 Å². The van der Waals surface area contributed by atoms with E-state index < -0.39 is 18.1 Å². The standard InChI is InChI=1S/C43H79NO6/c1-5-7-9-11-13-15-17-19-21-23-25-27-29-31-33-35-41(45)49-43(47-39-40(48-43)37-38-44(3)4)50-42(46)36-34-32-30-28-26-24-22-20-18-16-14-12-10-8-6-2/h19-22,40H,5-18,23-39H2,1-4H3/b21-19-,22-20-. The van der Waals surface area contributed by atoms with Crippen LogP contribution in [0.25, 0.3) is 0 Å². The molecule has 50 heavy (non-hydrogen) atoms. The number of carbonyl (C=O) groups is 2. The van der Waals surface area contributed by atoms with Crippen LogP contribution in [0.1, 0.15) is 200 Å². The topological polar surface area (TPSA) is 74.3 Å².